The van der Waals surface area contributed by atoms with Crippen LogP contribution in [-0.4, -0.2) is 19.9 Å². The molecule has 4 nitrogen and oxygen atoms in total. The second-order valence-corrected chi connectivity index (χ2v) is 7.31. The number of nitrogens with one attached hydrogen (secondary N) is 1. The summed E-state index contributed by atoms with van der Waals surface area (Å²) in [4.78, 5) is 3.95. The Morgan fingerprint density at radius 1 is 1.39 bits per heavy atom. The Kier molecular flexibility index (Phi) is 3.94. The Morgan fingerprint density at radius 3 is 2.61 bits per heavy atom. The van der Waals surface area contributed by atoms with Gasteiger partial charge in [0, 0.05) is 12.7 Å². The molecule has 0 bridgehead atoms. The minimum absolute atomic E-state index is 0.0902. The summed E-state index contributed by atoms with van der Waals surface area (Å²) in [6, 6.07) is 2.95. The molecule has 1 fully saturated rings. The highest BCUT2D eigenvalue weighted by Crippen LogP contribution is 2.36. The first-order valence-electron chi connectivity index (χ1n) is 6.03. The summed E-state index contributed by atoms with van der Waals surface area (Å²) in [7, 11) is -3.47. The lowest BCUT2D eigenvalue weighted by atomic mass is 9.89. The van der Waals surface area contributed by atoms with Gasteiger partial charge < -0.3 is 0 Å². The van der Waals surface area contributed by atoms with E-state index in [0.29, 0.717) is 6.54 Å². The molecule has 1 saturated carbocycles. The SMILES string of the molecule is CC1(CNS(=O)(=O)c2ccc(Cl)nc2)CCCC1. The number of nitrogens with zero attached hydrogens (tertiary/aromatic N) is 1. The fourth-order valence-corrected chi connectivity index (χ4v) is 3.53. The van der Waals surface area contributed by atoms with Crippen LogP contribution in [0.5, 0.6) is 0 Å². The highest BCUT2D eigenvalue weighted by molar-refractivity contribution is 7.89. The van der Waals surface area contributed by atoms with Crippen molar-refractivity contribution in [3.63, 3.8) is 0 Å². The molecule has 0 spiro atoms. The Labute approximate surface area is 113 Å². The molecule has 1 heterocycles. The van der Waals surface area contributed by atoms with Gasteiger partial charge in [-0.05, 0) is 30.4 Å². The average Bonchev–Trinajstić information content (AvgIpc) is 2.75. The van der Waals surface area contributed by atoms with Crippen LogP contribution in [0.25, 0.3) is 0 Å². The van der Waals surface area contributed by atoms with E-state index >= 15 is 0 Å². The molecule has 0 unspecified atom stereocenters. The summed E-state index contributed by atoms with van der Waals surface area (Å²) in [5, 5.41) is 0.289. The van der Waals surface area contributed by atoms with Crippen molar-refractivity contribution in [3.8, 4) is 0 Å². The van der Waals surface area contributed by atoms with Crippen LogP contribution in [0.3, 0.4) is 0 Å². The molecule has 2 rings (SSSR count). The molecule has 0 radical (unpaired) electrons. The molecular formula is C12H17ClN2O2S. The minimum Gasteiger partial charge on any atom is -0.243 e. The lowest BCUT2D eigenvalue weighted by molar-refractivity contribution is 0.336. The first-order chi connectivity index (χ1) is 8.41. The molecule has 0 saturated heterocycles. The summed E-state index contributed by atoms with van der Waals surface area (Å²) in [5.74, 6) is 0. The molecule has 18 heavy (non-hydrogen) atoms. The lowest BCUT2D eigenvalue weighted by Gasteiger charge is -2.23. The Morgan fingerprint density at radius 2 is 2.06 bits per heavy atom. The van der Waals surface area contributed by atoms with E-state index in [-0.39, 0.29) is 15.5 Å². The summed E-state index contributed by atoms with van der Waals surface area (Å²) in [6.07, 6.45) is 5.80. The smallest absolute Gasteiger partial charge is 0.242 e. The molecule has 0 amide bonds. The first-order valence-corrected chi connectivity index (χ1v) is 7.89. The van der Waals surface area contributed by atoms with Crippen molar-refractivity contribution in [2.75, 3.05) is 6.54 Å². The monoisotopic (exact) mass is 288 g/mol. The zero-order chi connectivity index (χ0) is 13.2. The van der Waals surface area contributed by atoms with E-state index in [2.05, 4.69) is 16.6 Å². The quantitative estimate of drug-likeness (QED) is 0.867. The standard InChI is InChI=1S/C12H17ClN2O2S/c1-12(6-2-3-7-12)9-15-18(16,17)10-4-5-11(13)14-8-10/h4-5,8,15H,2-3,6-7,9H2,1H3. The predicted octanol–water partition coefficient (Wildman–Crippen LogP) is 2.59. The zero-order valence-electron chi connectivity index (χ0n) is 10.3. The second-order valence-electron chi connectivity index (χ2n) is 5.16. The van der Waals surface area contributed by atoms with Gasteiger partial charge in [0.15, 0.2) is 0 Å². The van der Waals surface area contributed by atoms with Crippen molar-refractivity contribution >= 4 is 21.6 Å². The number of rotatable bonds is 4. The fraction of sp³-hybridized carbons (Fsp3) is 0.583. The van der Waals surface area contributed by atoms with Crippen LogP contribution in [-0.2, 0) is 10.0 Å². The van der Waals surface area contributed by atoms with E-state index in [1.807, 2.05) is 0 Å². The summed E-state index contributed by atoms with van der Waals surface area (Å²) < 4.78 is 26.8. The minimum atomic E-state index is -3.47. The second kappa shape index (κ2) is 5.15. The van der Waals surface area contributed by atoms with Crippen molar-refractivity contribution in [2.45, 2.75) is 37.5 Å². The Bertz CT molecular complexity index is 507. The van der Waals surface area contributed by atoms with Crippen molar-refractivity contribution in [3.05, 3.63) is 23.5 Å². The third-order valence-corrected chi connectivity index (χ3v) is 5.12. The van der Waals surface area contributed by atoms with Gasteiger partial charge in [-0.15, -0.1) is 0 Å². The number of hydrogen-bond donors (Lipinski definition) is 1. The van der Waals surface area contributed by atoms with Crippen LogP contribution in [0.15, 0.2) is 23.2 Å². The molecule has 1 aromatic rings. The number of hydrogen-bond acceptors (Lipinski definition) is 3. The van der Waals surface area contributed by atoms with E-state index in [4.69, 9.17) is 11.6 Å². The highest BCUT2D eigenvalue weighted by Gasteiger charge is 2.30. The van der Waals surface area contributed by atoms with Gasteiger partial charge in [0.1, 0.15) is 10.0 Å². The van der Waals surface area contributed by atoms with E-state index in [1.165, 1.54) is 31.2 Å². The zero-order valence-corrected chi connectivity index (χ0v) is 11.9. The summed E-state index contributed by atoms with van der Waals surface area (Å²) >= 11 is 5.64. The van der Waals surface area contributed by atoms with Gasteiger partial charge in [-0.3, -0.25) is 0 Å². The van der Waals surface area contributed by atoms with Gasteiger partial charge in [-0.25, -0.2) is 18.1 Å². The van der Waals surface area contributed by atoms with Crippen molar-refractivity contribution in [2.24, 2.45) is 5.41 Å². The number of halogens is 1. The first kappa shape index (κ1) is 13.8. The molecule has 1 aliphatic carbocycles. The molecular weight excluding hydrogens is 272 g/mol. The van der Waals surface area contributed by atoms with E-state index in [0.717, 1.165) is 12.8 Å². The van der Waals surface area contributed by atoms with Gasteiger partial charge >= 0.3 is 0 Å². The van der Waals surface area contributed by atoms with Crippen LogP contribution in [0.4, 0.5) is 0 Å². The molecule has 1 N–H and O–H groups in total. The number of sulfonamides is 1. The van der Waals surface area contributed by atoms with Gasteiger partial charge in [0.2, 0.25) is 10.0 Å². The predicted molar refractivity (Wildman–Crippen MR) is 71.0 cm³/mol. The fourth-order valence-electron chi connectivity index (χ4n) is 2.28. The largest absolute Gasteiger partial charge is 0.243 e. The molecule has 0 aliphatic heterocycles. The molecule has 100 valence electrons. The van der Waals surface area contributed by atoms with Crippen LogP contribution in [0, 0.1) is 5.41 Å². The van der Waals surface area contributed by atoms with Crippen molar-refractivity contribution in [1.29, 1.82) is 0 Å². The van der Waals surface area contributed by atoms with Crippen LogP contribution >= 0.6 is 11.6 Å². The summed E-state index contributed by atoms with van der Waals surface area (Å²) in [6.45, 7) is 2.61. The third-order valence-electron chi connectivity index (χ3n) is 3.51. The van der Waals surface area contributed by atoms with E-state index in [9.17, 15) is 8.42 Å². The van der Waals surface area contributed by atoms with Gasteiger partial charge in [0.05, 0.1) is 0 Å². The number of aromatic nitrogens is 1. The topological polar surface area (TPSA) is 59.1 Å². The molecule has 1 aromatic heterocycles. The Balaban J connectivity index is 2.05. The maximum Gasteiger partial charge on any atom is 0.242 e. The maximum atomic E-state index is 12.0. The molecule has 0 atom stereocenters. The molecule has 6 heteroatoms. The van der Waals surface area contributed by atoms with Crippen molar-refractivity contribution < 1.29 is 8.42 Å². The van der Waals surface area contributed by atoms with Crippen LogP contribution in [0.2, 0.25) is 5.15 Å². The van der Waals surface area contributed by atoms with Gasteiger partial charge in [0.25, 0.3) is 0 Å². The normalized spacial score (nSPS) is 19.0. The Hall–Kier alpha value is -0.650. The van der Waals surface area contributed by atoms with E-state index in [1.54, 1.807) is 0 Å². The maximum absolute atomic E-state index is 12.0. The molecule has 0 aromatic carbocycles. The van der Waals surface area contributed by atoms with E-state index < -0.39 is 10.0 Å². The van der Waals surface area contributed by atoms with Crippen LogP contribution < -0.4 is 4.72 Å². The van der Waals surface area contributed by atoms with Crippen molar-refractivity contribution in [1.82, 2.24) is 9.71 Å². The average molecular weight is 289 g/mol. The molecule has 1 aliphatic rings. The van der Waals surface area contributed by atoms with Crippen LogP contribution in [0.1, 0.15) is 32.6 Å². The van der Waals surface area contributed by atoms with Gasteiger partial charge in [-0.2, -0.15) is 0 Å². The highest BCUT2D eigenvalue weighted by atomic mass is 35.5. The lowest BCUT2D eigenvalue weighted by Crippen LogP contribution is -2.34. The number of pyridine rings is 1. The van der Waals surface area contributed by atoms with Gasteiger partial charge in [-0.1, -0.05) is 31.4 Å². The summed E-state index contributed by atoms with van der Waals surface area (Å²) in [5.41, 5.74) is 0.0902. The third kappa shape index (κ3) is 3.22.